The fourth-order valence-corrected chi connectivity index (χ4v) is 4.23. The van der Waals surface area contributed by atoms with Crippen LogP contribution in [0.15, 0.2) is 24.3 Å². The molecule has 1 unspecified atom stereocenters. The van der Waals surface area contributed by atoms with Crippen molar-refractivity contribution in [3.63, 3.8) is 0 Å². The van der Waals surface area contributed by atoms with Crippen molar-refractivity contribution in [3.8, 4) is 0 Å². The number of carbonyl (C=O) groups excluding carboxylic acids is 2. The average molecular weight is 453 g/mol. The Morgan fingerprint density at radius 1 is 1.30 bits per heavy atom. The zero-order chi connectivity index (χ0) is 23.2. The molecule has 0 bridgehead atoms. The Labute approximate surface area is 194 Å². The summed E-state index contributed by atoms with van der Waals surface area (Å²) in [5.41, 5.74) is 3.17. The van der Waals surface area contributed by atoms with Crippen LogP contribution in [0.4, 0.5) is 22.2 Å². The zero-order valence-corrected chi connectivity index (χ0v) is 19.3. The number of amides is 2. The van der Waals surface area contributed by atoms with Gasteiger partial charge in [0.25, 0.3) is 5.91 Å². The zero-order valence-electron chi connectivity index (χ0n) is 19.3. The van der Waals surface area contributed by atoms with Crippen LogP contribution in [0.3, 0.4) is 0 Å². The van der Waals surface area contributed by atoms with Gasteiger partial charge in [-0.3, -0.25) is 4.79 Å². The number of piperidine rings is 1. The molecule has 3 heterocycles. The predicted octanol–water partition coefficient (Wildman–Crippen LogP) is 3.66. The molecule has 1 fully saturated rings. The van der Waals surface area contributed by atoms with Gasteiger partial charge in [-0.1, -0.05) is 25.5 Å². The molecular formula is C24H32N6O3. The average Bonchev–Trinajstić information content (AvgIpc) is 3.19. The van der Waals surface area contributed by atoms with Crippen molar-refractivity contribution in [3.05, 3.63) is 41.1 Å². The number of hydrogen-bond acceptors (Lipinski definition) is 7. The van der Waals surface area contributed by atoms with Gasteiger partial charge in [-0.05, 0) is 50.3 Å². The number of unbranched alkanes of at least 4 members (excludes halogenated alkanes) is 1. The summed E-state index contributed by atoms with van der Waals surface area (Å²) in [5, 5.41) is 9.07. The molecule has 3 N–H and O–H groups in total. The van der Waals surface area contributed by atoms with Crippen molar-refractivity contribution in [2.45, 2.75) is 58.5 Å². The maximum Gasteiger partial charge on any atom is 0.407 e. The Kier molecular flexibility index (Phi) is 7.26. The number of aromatic nitrogens is 2. The maximum atomic E-state index is 12.5. The first kappa shape index (κ1) is 22.8. The quantitative estimate of drug-likeness (QED) is 0.525. The number of rotatable bonds is 8. The summed E-state index contributed by atoms with van der Waals surface area (Å²) in [6.07, 6.45) is 4.47. The van der Waals surface area contributed by atoms with Crippen LogP contribution in [-0.4, -0.2) is 47.7 Å². The van der Waals surface area contributed by atoms with Crippen molar-refractivity contribution >= 4 is 29.5 Å². The molecule has 0 spiro atoms. The lowest BCUT2D eigenvalue weighted by Gasteiger charge is -2.36. The van der Waals surface area contributed by atoms with Crippen LogP contribution >= 0.6 is 0 Å². The highest BCUT2D eigenvalue weighted by Crippen LogP contribution is 2.30. The summed E-state index contributed by atoms with van der Waals surface area (Å²) in [7, 11) is 0. The lowest BCUT2D eigenvalue weighted by Crippen LogP contribution is -2.47. The molecule has 9 nitrogen and oxygen atoms in total. The van der Waals surface area contributed by atoms with Crippen LogP contribution in [-0.2, 0) is 11.3 Å². The molecule has 0 aliphatic carbocycles. The summed E-state index contributed by atoms with van der Waals surface area (Å²) in [6.45, 7) is 6.14. The molecule has 4 rings (SSSR count). The number of hydrogen-bond donors (Lipinski definition) is 3. The Morgan fingerprint density at radius 2 is 2.18 bits per heavy atom. The van der Waals surface area contributed by atoms with Crippen LogP contribution in [0.2, 0.25) is 0 Å². The highest BCUT2D eigenvalue weighted by atomic mass is 16.5. The number of alkyl carbamates (subject to hydrolysis) is 1. The third-order valence-corrected chi connectivity index (χ3v) is 5.99. The van der Waals surface area contributed by atoms with Crippen LogP contribution in [0.1, 0.15) is 60.6 Å². The first-order valence-electron chi connectivity index (χ1n) is 11.7. The second-order valence-electron chi connectivity index (χ2n) is 8.58. The highest BCUT2D eigenvalue weighted by molar-refractivity contribution is 6.02. The monoisotopic (exact) mass is 452 g/mol. The van der Waals surface area contributed by atoms with E-state index in [1.54, 1.807) is 0 Å². The van der Waals surface area contributed by atoms with Gasteiger partial charge in [0.1, 0.15) is 11.4 Å². The highest BCUT2D eigenvalue weighted by Gasteiger charge is 2.31. The van der Waals surface area contributed by atoms with Gasteiger partial charge < -0.3 is 25.6 Å². The van der Waals surface area contributed by atoms with E-state index in [9.17, 15) is 9.59 Å². The minimum absolute atomic E-state index is 0.0624. The molecular weight excluding hydrogens is 420 g/mol. The lowest BCUT2D eigenvalue weighted by atomic mass is 10.0. The van der Waals surface area contributed by atoms with E-state index in [1.165, 1.54) is 0 Å². The molecule has 176 valence electrons. The second kappa shape index (κ2) is 10.5. The number of fused-ring (bicyclic) bond motifs is 1. The minimum Gasteiger partial charge on any atom is -0.450 e. The Hall–Kier alpha value is -3.36. The number of ether oxygens (including phenoxy) is 1. The van der Waals surface area contributed by atoms with Gasteiger partial charge in [0.05, 0.1) is 18.8 Å². The number of carbonyl (C=O) groups is 2. The van der Waals surface area contributed by atoms with Gasteiger partial charge >= 0.3 is 6.09 Å². The van der Waals surface area contributed by atoms with Crippen LogP contribution < -0.4 is 20.9 Å². The van der Waals surface area contributed by atoms with Gasteiger partial charge in [-0.25, -0.2) is 9.78 Å². The fourth-order valence-electron chi connectivity index (χ4n) is 4.23. The minimum atomic E-state index is -0.388. The first-order chi connectivity index (χ1) is 16.0. The number of anilines is 3. The standard InChI is InChI=1S/C24H32N6O3/c1-3-4-12-33-24(32)26-14-18-10-5-6-11-30(18)23-28-19-15-25-22(31)20(19)21(29-23)27-17-9-7-8-16(2)13-17/h7-9,13,18H,3-6,10-12,14-15H2,1-2H3,(H,25,31)(H,26,32)(H,27,28,29). The lowest BCUT2D eigenvalue weighted by molar-refractivity contribution is 0.0966. The Morgan fingerprint density at radius 3 is 3.00 bits per heavy atom. The Balaban J connectivity index is 1.55. The van der Waals surface area contributed by atoms with E-state index < -0.39 is 0 Å². The second-order valence-corrected chi connectivity index (χ2v) is 8.58. The molecule has 0 radical (unpaired) electrons. The van der Waals surface area contributed by atoms with Crippen molar-refractivity contribution in [1.29, 1.82) is 0 Å². The van der Waals surface area contributed by atoms with Crippen molar-refractivity contribution in [2.75, 3.05) is 29.9 Å². The van der Waals surface area contributed by atoms with Crippen LogP contribution in [0, 0.1) is 6.92 Å². The largest absolute Gasteiger partial charge is 0.450 e. The predicted molar refractivity (Wildman–Crippen MR) is 127 cm³/mol. The summed E-state index contributed by atoms with van der Waals surface area (Å²) in [5.74, 6) is 0.913. The molecule has 0 saturated carbocycles. The normalized spacial score (nSPS) is 17.3. The van der Waals surface area contributed by atoms with Crippen LogP contribution in [0.5, 0.6) is 0 Å². The maximum absolute atomic E-state index is 12.5. The van der Waals surface area contributed by atoms with E-state index in [-0.39, 0.29) is 18.0 Å². The third kappa shape index (κ3) is 5.53. The van der Waals surface area contributed by atoms with E-state index in [2.05, 4.69) is 27.8 Å². The third-order valence-electron chi connectivity index (χ3n) is 5.99. The van der Waals surface area contributed by atoms with Crippen molar-refractivity contribution < 1.29 is 14.3 Å². The van der Waals surface area contributed by atoms with Crippen LogP contribution in [0.25, 0.3) is 0 Å². The molecule has 2 aliphatic rings. The number of nitrogens with one attached hydrogen (secondary N) is 3. The van der Waals surface area contributed by atoms with Gasteiger partial charge in [0.2, 0.25) is 5.95 Å². The molecule has 2 amide bonds. The fraction of sp³-hybridized carbons (Fsp3) is 0.500. The van der Waals surface area contributed by atoms with E-state index in [0.29, 0.717) is 42.7 Å². The number of benzene rings is 1. The first-order valence-corrected chi connectivity index (χ1v) is 11.7. The van der Waals surface area contributed by atoms with Gasteiger partial charge in [-0.15, -0.1) is 0 Å². The summed E-state index contributed by atoms with van der Waals surface area (Å²) in [6, 6.07) is 8.01. The molecule has 1 aromatic carbocycles. The molecule has 9 heteroatoms. The molecule has 2 aromatic rings. The van der Waals surface area contributed by atoms with E-state index in [1.807, 2.05) is 31.2 Å². The van der Waals surface area contributed by atoms with Gasteiger partial charge in [0.15, 0.2) is 0 Å². The van der Waals surface area contributed by atoms with E-state index in [4.69, 9.17) is 14.7 Å². The number of aryl methyl sites for hydroxylation is 1. The molecule has 2 aliphatic heterocycles. The van der Waals surface area contributed by atoms with Crippen molar-refractivity contribution in [2.24, 2.45) is 0 Å². The molecule has 33 heavy (non-hydrogen) atoms. The summed E-state index contributed by atoms with van der Waals surface area (Å²) in [4.78, 5) is 36.2. The molecule has 1 saturated heterocycles. The molecule has 1 aromatic heterocycles. The van der Waals surface area contributed by atoms with E-state index in [0.717, 1.165) is 49.9 Å². The number of nitrogens with zero attached hydrogens (tertiary/aromatic N) is 3. The smallest absolute Gasteiger partial charge is 0.407 e. The van der Waals surface area contributed by atoms with Crippen molar-refractivity contribution in [1.82, 2.24) is 20.6 Å². The summed E-state index contributed by atoms with van der Waals surface area (Å²) < 4.78 is 5.23. The topological polar surface area (TPSA) is 108 Å². The summed E-state index contributed by atoms with van der Waals surface area (Å²) >= 11 is 0. The van der Waals surface area contributed by atoms with E-state index >= 15 is 0 Å². The van der Waals surface area contributed by atoms with Gasteiger partial charge in [0, 0.05) is 24.8 Å². The Bertz CT molecular complexity index is 1010. The molecule has 1 atom stereocenters. The van der Waals surface area contributed by atoms with Gasteiger partial charge in [-0.2, -0.15) is 4.98 Å². The SMILES string of the molecule is CCCCOC(=O)NCC1CCCCN1c1nc2c(c(Nc3cccc(C)c3)n1)C(=O)NC2.